The minimum Gasteiger partial charge on any atom is -0.489 e. The van der Waals surface area contributed by atoms with Gasteiger partial charge in [0.25, 0.3) is 0 Å². The molecule has 2 rings (SSSR count). The van der Waals surface area contributed by atoms with E-state index in [2.05, 4.69) is 4.98 Å². The molecule has 0 amide bonds. The number of benzene rings is 1. The average molecular weight is 297 g/mol. The van der Waals surface area contributed by atoms with Crippen molar-refractivity contribution in [1.82, 2.24) is 4.98 Å². The summed E-state index contributed by atoms with van der Waals surface area (Å²) in [6.07, 6.45) is 0.973. The second-order valence-electron chi connectivity index (χ2n) is 4.81. The topological polar surface area (TPSA) is 42.4 Å². The Hall–Kier alpha value is -2.08. The molecule has 112 valence electrons. The Labute approximate surface area is 120 Å². The molecule has 0 spiro atoms. The van der Waals surface area contributed by atoms with Crippen molar-refractivity contribution in [2.45, 2.75) is 26.1 Å². The lowest BCUT2D eigenvalue weighted by Gasteiger charge is -2.15. The van der Waals surface area contributed by atoms with E-state index < -0.39 is 29.1 Å². The van der Waals surface area contributed by atoms with E-state index in [1.807, 2.05) is 13.8 Å². The molecule has 21 heavy (non-hydrogen) atoms. The van der Waals surface area contributed by atoms with Crippen LogP contribution in [0.1, 0.15) is 31.1 Å². The van der Waals surface area contributed by atoms with Crippen LogP contribution in [0.25, 0.3) is 0 Å². The second-order valence-corrected chi connectivity index (χ2v) is 4.81. The summed E-state index contributed by atoms with van der Waals surface area (Å²) < 4.78 is 45.6. The maximum absolute atomic E-state index is 13.7. The van der Waals surface area contributed by atoms with Crippen LogP contribution in [0.15, 0.2) is 30.6 Å². The number of hydrogen-bond acceptors (Lipinski definition) is 3. The van der Waals surface area contributed by atoms with Gasteiger partial charge in [0.15, 0.2) is 0 Å². The summed E-state index contributed by atoms with van der Waals surface area (Å²) in [6.45, 7) is 3.62. The van der Waals surface area contributed by atoms with Crippen LogP contribution in [0.4, 0.5) is 13.2 Å². The Morgan fingerprint density at radius 3 is 2.24 bits per heavy atom. The summed E-state index contributed by atoms with van der Waals surface area (Å²) in [5.41, 5.74) is -0.475. The third-order valence-electron chi connectivity index (χ3n) is 2.74. The Morgan fingerprint density at radius 2 is 1.67 bits per heavy atom. The number of aliphatic hydroxyl groups is 1. The maximum atomic E-state index is 13.7. The number of hydrogen-bond donors (Lipinski definition) is 1. The van der Waals surface area contributed by atoms with Crippen molar-refractivity contribution >= 4 is 0 Å². The molecule has 0 fully saturated rings. The van der Waals surface area contributed by atoms with Crippen LogP contribution in [-0.2, 0) is 0 Å². The SMILES string of the molecule is CC(C)Oc1cncc(C(O)c2c(F)cc(F)cc2F)c1. The first-order valence-corrected chi connectivity index (χ1v) is 6.32. The Kier molecular flexibility index (Phi) is 4.47. The molecular weight excluding hydrogens is 283 g/mol. The fourth-order valence-electron chi connectivity index (χ4n) is 1.90. The van der Waals surface area contributed by atoms with E-state index in [0.29, 0.717) is 17.9 Å². The van der Waals surface area contributed by atoms with Gasteiger partial charge in [-0.3, -0.25) is 4.98 Å². The van der Waals surface area contributed by atoms with E-state index in [1.54, 1.807) is 0 Å². The highest BCUT2D eigenvalue weighted by Gasteiger charge is 2.21. The average Bonchev–Trinajstić information content (AvgIpc) is 2.36. The predicted molar refractivity (Wildman–Crippen MR) is 70.4 cm³/mol. The van der Waals surface area contributed by atoms with Gasteiger partial charge in [-0.1, -0.05) is 0 Å². The molecule has 0 aliphatic rings. The molecule has 0 aliphatic carbocycles. The standard InChI is InChI=1S/C15H14F3NO2/c1-8(2)21-11-3-9(6-19-7-11)15(20)14-12(17)4-10(16)5-13(14)18/h3-8,15,20H,1-2H3. The first kappa shape index (κ1) is 15.3. The predicted octanol–water partition coefficient (Wildman–Crippen LogP) is 3.37. The quantitative estimate of drug-likeness (QED) is 0.941. The van der Waals surface area contributed by atoms with Gasteiger partial charge < -0.3 is 9.84 Å². The number of aromatic nitrogens is 1. The molecule has 3 nitrogen and oxygen atoms in total. The van der Waals surface area contributed by atoms with Gasteiger partial charge in [-0.15, -0.1) is 0 Å². The number of aliphatic hydroxyl groups excluding tert-OH is 1. The van der Waals surface area contributed by atoms with Crippen LogP contribution in [0, 0.1) is 17.5 Å². The van der Waals surface area contributed by atoms with E-state index >= 15 is 0 Å². The van der Waals surface area contributed by atoms with Crippen LogP contribution < -0.4 is 4.74 Å². The molecular formula is C15H14F3NO2. The van der Waals surface area contributed by atoms with Crippen LogP contribution in [-0.4, -0.2) is 16.2 Å². The van der Waals surface area contributed by atoms with Gasteiger partial charge in [0.1, 0.15) is 29.3 Å². The number of halogens is 3. The monoisotopic (exact) mass is 297 g/mol. The highest BCUT2D eigenvalue weighted by molar-refractivity contribution is 5.34. The molecule has 2 aromatic rings. The molecule has 0 bridgehead atoms. The van der Waals surface area contributed by atoms with Crippen LogP contribution in [0.5, 0.6) is 5.75 Å². The molecule has 0 aliphatic heterocycles. The van der Waals surface area contributed by atoms with Crippen molar-refractivity contribution in [2.24, 2.45) is 0 Å². The van der Waals surface area contributed by atoms with E-state index in [4.69, 9.17) is 4.74 Å². The summed E-state index contributed by atoms with van der Waals surface area (Å²) in [4.78, 5) is 3.86. The van der Waals surface area contributed by atoms with E-state index in [9.17, 15) is 18.3 Å². The molecule has 1 unspecified atom stereocenters. The van der Waals surface area contributed by atoms with Crippen LogP contribution in [0.3, 0.4) is 0 Å². The summed E-state index contributed by atoms with van der Waals surface area (Å²) in [7, 11) is 0. The van der Waals surface area contributed by atoms with Gasteiger partial charge in [0.2, 0.25) is 0 Å². The Bertz CT molecular complexity index is 624. The molecule has 1 aromatic carbocycles. The lowest BCUT2D eigenvalue weighted by molar-refractivity contribution is 0.205. The molecule has 0 saturated heterocycles. The second kappa shape index (κ2) is 6.13. The Morgan fingerprint density at radius 1 is 1.05 bits per heavy atom. The highest BCUT2D eigenvalue weighted by atomic mass is 19.1. The zero-order valence-corrected chi connectivity index (χ0v) is 11.5. The van der Waals surface area contributed by atoms with E-state index in [0.717, 1.165) is 0 Å². The van der Waals surface area contributed by atoms with Crippen molar-refractivity contribution in [1.29, 1.82) is 0 Å². The molecule has 0 radical (unpaired) electrons. The zero-order valence-electron chi connectivity index (χ0n) is 11.5. The first-order valence-electron chi connectivity index (χ1n) is 6.32. The summed E-state index contributed by atoms with van der Waals surface area (Å²) in [6, 6.07) is 2.47. The molecule has 0 saturated carbocycles. The smallest absolute Gasteiger partial charge is 0.138 e. The molecule has 1 aromatic heterocycles. The fourth-order valence-corrected chi connectivity index (χ4v) is 1.90. The Balaban J connectivity index is 2.38. The third-order valence-corrected chi connectivity index (χ3v) is 2.74. The number of ether oxygens (including phenoxy) is 1. The van der Waals surface area contributed by atoms with Gasteiger partial charge >= 0.3 is 0 Å². The molecule has 6 heteroatoms. The van der Waals surface area contributed by atoms with Crippen LogP contribution in [0.2, 0.25) is 0 Å². The van der Waals surface area contributed by atoms with E-state index in [1.165, 1.54) is 18.5 Å². The number of rotatable bonds is 4. The largest absolute Gasteiger partial charge is 0.489 e. The maximum Gasteiger partial charge on any atom is 0.138 e. The minimum atomic E-state index is -1.60. The van der Waals surface area contributed by atoms with Crippen molar-refractivity contribution < 1.29 is 23.0 Å². The molecule has 1 atom stereocenters. The molecule has 1 N–H and O–H groups in total. The van der Waals surface area contributed by atoms with Crippen molar-refractivity contribution in [2.75, 3.05) is 0 Å². The van der Waals surface area contributed by atoms with Gasteiger partial charge in [-0.2, -0.15) is 0 Å². The third kappa shape index (κ3) is 3.52. The van der Waals surface area contributed by atoms with Gasteiger partial charge in [0.05, 0.1) is 17.9 Å². The highest BCUT2D eigenvalue weighted by Crippen LogP contribution is 2.29. The summed E-state index contributed by atoms with van der Waals surface area (Å²) in [5, 5.41) is 10.1. The zero-order chi connectivity index (χ0) is 15.6. The van der Waals surface area contributed by atoms with Gasteiger partial charge in [-0.05, 0) is 19.9 Å². The van der Waals surface area contributed by atoms with Gasteiger partial charge in [0, 0.05) is 23.9 Å². The van der Waals surface area contributed by atoms with Crippen molar-refractivity contribution in [3.8, 4) is 5.75 Å². The normalized spacial score (nSPS) is 12.5. The van der Waals surface area contributed by atoms with Gasteiger partial charge in [-0.25, -0.2) is 13.2 Å². The lowest BCUT2D eigenvalue weighted by Crippen LogP contribution is -2.09. The number of pyridine rings is 1. The van der Waals surface area contributed by atoms with Crippen molar-refractivity contribution in [3.05, 3.63) is 59.2 Å². The minimum absolute atomic E-state index is 0.113. The first-order chi connectivity index (χ1) is 9.88. The number of nitrogens with zero attached hydrogens (tertiary/aromatic N) is 1. The summed E-state index contributed by atoms with van der Waals surface area (Å²) >= 11 is 0. The van der Waals surface area contributed by atoms with Crippen LogP contribution >= 0.6 is 0 Å². The van der Waals surface area contributed by atoms with Crippen molar-refractivity contribution in [3.63, 3.8) is 0 Å². The van der Waals surface area contributed by atoms with E-state index in [-0.39, 0.29) is 11.7 Å². The summed E-state index contributed by atoms with van der Waals surface area (Å²) in [5.74, 6) is -2.99. The molecule has 1 heterocycles. The fraction of sp³-hybridized carbons (Fsp3) is 0.267. The lowest BCUT2D eigenvalue weighted by atomic mass is 10.0.